The molecule has 1 rings (SSSR count). The maximum absolute atomic E-state index is 13.0. The summed E-state index contributed by atoms with van der Waals surface area (Å²) < 4.78 is 13.0. The number of aliphatic hydroxyl groups is 1. The molecule has 1 nitrogen and oxygen atoms in total. The maximum atomic E-state index is 13.0. The Labute approximate surface area is 97.3 Å². The van der Waals surface area contributed by atoms with Crippen molar-refractivity contribution in [3.8, 4) is 0 Å². The highest BCUT2D eigenvalue weighted by Crippen LogP contribution is 2.23. The van der Waals surface area contributed by atoms with Gasteiger partial charge in [-0.05, 0) is 55.4 Å². The molecule has 2 heteroatoms. The summed E-state index contributed by atoms with van der Waals surface area (Å²) >= 11 is 0. The minimum absolute atomic E-state index is 0.195. The molecule has 0 spiro atoms. The van der Waals surface area contributed by atoms with Gasteiger partial charge in [-0.25, -0.2) is 4.39 Å². The number of hydrogen-bond donors (Lipinski definition) is 1. The van der Waals surface area contributed by atoms with Gasteiger partial charge in [0.15, 0.2) is 0 Å². The average molecular weight is 224 g/mol. The second kappa shape index (κ2) is 5.44. The normalized spacial score (nSPS) is 15.2. The third-order valence-corrected chi connectivity index (χ3v) is 3.24. The summed E-state index contributed by atoms with van der Waals surface area (Å²) in [6.07, 6.45) is 0.478. The van der Waals surface area contributed by atoms with Crippen LogP contribution in [0.5, 0.6) is 0 Å². The fourth-order valence-corrected chi connectivity index (χ4v) is 2.11. The molecule has 16 heavy (non-hydrogen) atoms. The Morgan fingerprint density at radius 3 is 2.31 bits per heavy atom. The molecule has 0 aromatic heterocycles. The Bertz CT molecular complexity index is 337. The largest absolute Gasteiger partial charge is 0.393 e. The van der Waals surface area contributed by atoms with Crippen LogP contribution >= 0.6 is 0 Å². The van der Waals surface area contributed by atoms with Gasteiger partial charge in [0.1, 0.15) is 5.82 Å². The standard InChI is InChI=1S/C14H21FO/c1-9(2)14(11(4)16)8-12-5-6-13(15)7-10(12)3/h5-7,9,11,14,16H,8H2,1-4H3. The molecule has 0 bridgehead atoms. The van der Waals surface area contributed by atoms with E-state index >= 15 is 0 Å². The third-order valence-electron chi connectivity index (χ3n) is 3.24. The third kappa shape index (κ3) is 3.31. The molecule has 0 radical (unpaired) electrons. The monoisotopic (exact) mass is 224 g/mol. The highest BCUT2D eigenvalue weighted by molar-refractivity contribution is 5.27. The minimum atomic E-state index is -0.329. The van der Waals surface area contributed by atoms with Crippen LogP contribution in [0.25, 0.3) is 0 Å². The number of aryl methyl sites for hydroxylation is 1. The van der Waals surface area contributed by atoms with Crippen molar-refractivity contribution >= 4 is 0 Å². The lowest BCUT2D eigenvalue weighted by Gasteiger charge is -2.24. The second-order valence-corrected chi connectivity index (χ2v) is 4.92. The van der Waals surface area contributed by atoms with Crippen molar-refractivity contribution in [2.75, 3.05) is 0 Å². The van der Waals surface area contributed by atoms with E-state index in [2.05, 4.69) is 13.8 Å². The van der Waals surface area contributed by atoms with Crippen LogP contribution in [-0.4, -0.2) is 11.2 Å². The Balaban J connectivity index is 2.85. The average Bonchev–Trinajstić information content (AvgIpc) is 2.15. The van der Waals surface area contributed by atoms with Gasteiger partial charge < -0.3 is 5.11 Å². The first-order valence-corrected chi connectivity index (χ1v) is 5.85. The van der Waals surface area contributed by atoms with Gasteiger partial charge in [0, 0.05) is 0 Å². The van der Waals surface area contributed by atoms with Crippen LogP contribution < -0.4 is 0 Å². The van der Waals surface area contributed by atoms with E-state index in [1.165, 1.54) is 6.07 Å². The molecule has 0 amide bonds. The minimum Gasteiger partial charge on any atom is -0.393 e. The van der Waals surface area contributed by atoms with Gasteiger partial charge in [0.05, 0.1) is 6.10 Å². The van der Waals surface area contributed by atoms with E-state index in [1.54, 1.807) is 6.07 Å². The van der Waals surface area contributed by atoms with E-state index in [9.17, 15) is 9.50 Å². The van der Waals surface area contributed by atoms with Crippen LogP contribution in [-0.2, 0) is 6.42 Å². The summed E-state index contributed by atoms with van der Waals surface area (Å²) in [5.74, 6) is 0.452. The molecule has 0 heterocycles. The predicted octanol–water partition coefficient (Wildman–Crippen LogP) is 3.33. The molecule has 0 fully saturated rings. The van der Waals surface area contributed by atoms with E-state index in [4.69, 9.17) is 0 Å². The molecule has 2 unspecified atom stereocenters. The quantitative estimate of drug-likeness (QED) is 0.831. The molecular weight excluding hydrogens is 203 g/mol. The Morgan fingerprint density at radius 1 is 1.25 bits per heavy atom. The van der Waals surface area contributed by atoms with Crippen LogP contribution in [0, 0.1) is 24.6 Å². The van der Waals surface area contributed by atoms with E-state index < -0.39 is 0 Å². The summed E-state index contributed by atoms with van der Waals surface area (Å²) in [6.45, 7) is 7.95. The van der Waals surface area contributed by atoms with Gasteiger partial charge in [-0.15, -0.1) is 0 Å². The topological polar surface area (TPSA) is 20.2 Å². The van der Waals surface area contributed by atoms with Gasteiger partial charge in [-0.3, -0.25) is 0 Å². The Kier molecular flexibility index (Phi) is 4.48. The van der Waals surface area contributed by atoms with Crippen molar-refractivity contribution in [1.29, 1.82) is 0 Å². The molecule has 90 valence electrons. The smallest absolute Gasteiger partial charge is 0.123 e. The van der Waals surface area contributed by atoms with E-state index in [-0.39, 0.29) is 17.8 Å². The summed E-state index contributed by atoms with van der Waals surface area (Å²) in [6, 6.07) is 4.86. The first kappa shape index (κ1) is 13.2. The van der Waals surface area contributed by atoms with Crippen molar-refractivity contribution < 1.29 is 9.50 Å². The molecular formula is C14H21FO. The van der Waals surface area contributed by atoms with Crippen LogP contribution in [0.2, 0.25) is 0 Å². The summed E-state index contributed by atoms with van der Waals surface area (Å²) in [7, 11) is 0. The van der Waals surface area contributed by atoms with Gasteiger partial charge in [-0.1, -0.05) is 19.9 Å². The lowest BCUT2D eigenvalue weighted by molar-refractivity contribution is 0.0976. The second-order valence-electron chi connectivity index (χ2n) is 4.92. The SMILES string of the molecule is Cc1cc(F)ccc1CC(C(C)C)C(C)O. The van der Waals surface area contributed by atoms with E-state index in [0.717, 1.165) is 17.5 Å². The number of aliphatic hydroxyl groups excluding tert-OH is 1. The highest BCUT2D eigenvalue weighted by atomic mass is 19.1. The molecule has 2 atom stereocenters. The Hall–Kier alpha value is -0.890. The zero-order valence-electron chi connectivity index (χ0n) is 10.5. The van der Waals surface area contributed by atoms with Crippen molar-refractivity contribution in [1.82, 2.24) is 0 Å². The fraction of sp³-hybridized carbons (Fsp3) is 0.571. The lowest BCUT2D eigenvalue weighted by Crippen LogP contribution is -2.24. The molecule has 0 aliphatic heterocycles. The van der Waals surface area contributed by atoms with Gasteiger partial charge in [-0.2, -0.15) is 0 Å². The van der Waals surface area contributed by atoms with Crippen molar-refractivity contribution in [2.45, 2.75) is 40.2 Å². The van der Waals surface area contributed by atoms with E-state index in [1.807, 2.05) is 19.9 Å². The zero-order chi connectivity index (χ0) is 12.3. The molecule has 0 saturated carbocycles. The number of halogens is 1. The number of rotatable bonds is 4. The molecule has 0 aliphatic carbocycles. The first-order chi connectivity index (χ1) is 7.41. The van der Waals surface area contributed by atoms with Crippen LogP contribution in [0.4, 0.5) is 4.39 Å². The number of benzene rings is 1. The lowest BCUT2D eigenvalue weighted by atomic mass is 9.84. The fourth-order valence-electron chi connectivity index (χ4n) is 2.11. The van der Waals surface area contributed by atoms with Crippen molar-refractivity contribution in [3.05, 3.63) is 35.1 Å². The summed E-state index contributed by atoms with van der Waals surface area (Å²) in [5, 5.41) is 9.72. The van der Waals surface area contributed by atoms with Crippen LogP contribution in [0.1, 0.15) is 31.9 Å². The molecule has 1 aromatic carbocycles. The maximum Gasteiger partial charge on any atom is 0.123 e. The van der Waals surface area contributed by atoms with E-state index in [0.29, 0.717) is 5.92 Å². The number of hydrogen-bond acceptors (Lipinski definition) is 1. The highest BCUT2D eigenvalue weighted by Gasteiger charge is 2.20. The van der Waals surface area contributed by atoms with Crippen LogP contribution in [0.15, 0.2) is 18.2 Å². The Morgan fingerprint density at radius 2 is 1.88 bits per heavy atom. The predicted molar refractivity (Wildman–Crippen MR) is 64.8 cm³/mol. The molecule has 1 aromatic rings. The zero-order valence-corrected chi connectivity index (χ0v) is 10.5. The summed E-state index contributed by atoms with van der Waals surface area (Å²) in [5.41, 5.74) is 2.09. The van der Waals surface area contributed by atoms with Gasteiger partial charge in [0.2, 0.25) is 0 Å². The van der Waals surface area contributed by atoms with Crippen LogP contribution in [0.3, 0.4) is 0 Å². The molecule has 1 N–H and O–H groups in total. The first-order valence-electron chi connectivity index (χ1n) is 5.85. The van der Waals surface area contributed by atoms with Gasteiger partial charge >= 0.3 is 0 Å². The molecule has 0 saturated heterocycles. The molecule has 0 aliphatic rings. The van der Waals surface area contributed by atoms with Gasteiger partial charge in [0.25, 0.3) is 0 Å². The van der Waals surface area contributed by atoms with Crippen molar-refractivity contribution in [2.24, 2.45) is 11.8 Å². The summed E-state index contributed by atoms with van der Waals surface area (Å²) in [4.78, 5) is 0. The van der Waals surface area contributed by atoms with Crippen molar-refractivity contribution in [3.63, 3.8) is 0 Å².